The van der Waals surface area contributed by atoms with Crippen LogP contribution in [0, 0.1) is 0 Å². The van der Waals surface area contributed by atoms with E-state index in [0.29, 0.717) is 6.54 Å². The molecule has 1 aliphatic rings. The van der Waals surface area contributed by atoms with E-state index in [9.17, 15) is 8.42 Å². The molecule has 18 heavy (non-hydrogen) atoms. The third-order valence-corrected chi connectivity index (χ3v) is 4.60. The Hall–Kier alpha value is -0.950. The van der Waals surface area contributed by atoms with E-state index in [1.165, 1.54) is 0 Å². The molecule has 1 aliphatic carbocycles. The number of aliphatic hydroxyl groups is 1. The van der Waals surface area contributed by atoms with Crippen molar-refractivity contribution in [2.75, 3.05) is 13.2 Å². The van der Waals surface area contributed by atoms with E-state index in [4.69, 9.17) is 10.8 Å². The van der Waals surface area contributed by atoms with Crippen LogP contribution in [0.1, 0.15) is 24.3 Å². The monoisotopic (exact) mass is 270 g/mol. The van der Waals surface area contributed by atoms with Crippen molar-refractivity contribution in [3.8, 4) is 0 Å². The first-order valence-electron chi connectivity index (χ1n) is 6.00. The summed E-state index contributed by atoms with van der Waals surface area (Å²) < 4.78 is 26.5. The van der Waals surface area contributed by atoms with Crippen LogP contribution >= 0.6 is 0 Å². The van der Waals surface area contributed by atoms with Gasteiger partial charge in [0.2, 0.25) is 10.0 Å². The average Bonchev–Trinajstić information content (AvgIpc) is 3.14. The molecular formula is C12H18N2O3S. The molecule has 1 unspecified atom stereocenters. The lowest BCUT2D eigenvalue weighted by Crippen LogP contribution is -2.25. The summed E-state index contributed by atoms with van der Waals surface area (Å²) in [6.45, 7) is 0.297. The first-order chi connectivity index (χ1) is 8.56. The van der Waals surface area contributed by atoms with Crippen molar-refractivity contribution in [2.24, 2.45) is 5.73 Å². The van der Waals surface area contributed by atoms with Gasteiger partial charge in [-0.05, 0) is 30.5 Å². The molecule has 0 spiro atoms. The van der Waals surface area contributed by atoms with E-state index < -0.39 is 10.0 Å². The Bertz CT molecular complexity index is 491. The molecule has 1 aromatic carbocycles. The lowest BCUT2D eigenvalue weighted by molar-refractivity contribution is 0.268. The zero-order chi connectivity index (χ0) is 13.2. The molecule has 100 valence electrons. The highest BCUT2D eigenvalue weighted by atomic mass is 32.2. The van der Waals surface area contributed by atoms with Crippen LogP contribution in [-0.2, 0) is 10.0 Å². The van der Waals surface area contributed by atoms with E-state index in [1.54, 1.807) is 24.3 Å². The maximum atomic E-state index is 11.9. The van der Waals surface area contributed by atoms with E-state index >= 15 is 0 Å². The van der Waals surface area contributed by atoms with Gasteiger partial charge < -0.3 is 10.8 Å². The second-order valence-corrected chi connectivity index (χ2v) is 6.29. The SMILES string of the molecule is NCC(CO)c1ccc(S(=O)(=O)NC2CC2)cc1. The molecule has 5 nitrogen and oxygen atoms in total. The van der Waals surface area contributed by atoms with Crippen molar-refractivity contribution in [1.82, 2.24) is 4.72 Å². The molecule has 6 heteroatoms. The summed E-state index contributed by atoms with van der Waals surface area (Å²) in [7, 11) is -3.40. The summed E-state index contributed by atoms with van der Waals surface area (Å²) in [5, 5.41) is 9.13. The molecular weight excluding hydrogens is 252 g/mol. The number of benzene rings is 1. The Balaban J connectivity index is 2.15. The van der Waals surface area contributed by atoms with Crippen LogP contribution in [0.3, 0.4) is 0 Å². The largest absolute Gasteiger partial charge is 0.396 e. The summed E-state index contributed by atoms with van der Waals surface area (Å²) in [6, 6.07) is 6.62. The van der Waals surface area contributed by atoms with Crippen LogP contribution in [0.15, 0.2) is 29.2 Å². The lowest BCUT2D eigenvalue weighted by Gasteiger charge is -2.12. The molecule has 4 N–H and O–H groups in total. The molecule has 0 radical (unpaired) electrons. The topological polar surface area (TPSA) is 92.4 Å². The van der Waals surface area contributed by atoms with Gasteiger partial charge in [-0.15, -0.1) is 0 Å². The summed E-state index contributed by atoms with van der Waals surface area (Å²) >= 11 is 0. The Morgan fingerprint density at radius 3 is 2.39 bits per heavy atom. The van der Waals surface area contributed by atoms with Gasteiger partial charge in [-0.1, -0.05) is 12.1 Å². The van der Waals surface area contributed by atoms with Gasteiger partial charge in [0, 0.05) is 18.5 Å². The summed E-state index contributed by atoms with van der Waals surface area (Å²) in [5.74, 6) is -0.141. The van der Waals surface area contributed by atoms with Crippen LogP contribution in [0.5, 0.6) is 0 Å². The fourth-order valence-electron chi connectivity index (χ4n) is 1.72. The summed E-state index contributed by atoms with van der Waals surface area (Å²) in [4.78, 5) is 0.256. The first-order valence-corrected chi connectivity index (χ1v) is 7.48. The Labute approximate surface area is 107 Å². The molecule has 1 fully saturated rings. The molecule has 0 saturated heterocycles. The average molecular weight is 270 g/mol. The normalized spacial score (nSPS) is 17.7. The van der Waals surface area contributed by atoms with Crippen molar-refractivity contribution >= 4 is 10.0 Å². The standard InChI is InChI=1S/C12H18N2O3S/c13-7-10(8-15)9-1-5-12(6-2-9)18(16,17)14-11-3-4-11/h1-2,5-6,10-11,14-15H,3-4,7-8,13H2. The third-order valence-electron chi connectivity index (χ3n) is 3.07. The van der Waals surface area contributed by atoms with E-state index in [1.807, 2.05) is 0 Å². The molecule has 2 rings (SSSR count). The van der Waals surface area contributed by atoms with E-state index in [-0.39, 0.29) is 23.5 Å². The predicted octanol–water partition coefficient (Wildman–Crippen LogP) is 0.162. The maximum absolute atomic E-state index is 11.9. The molecule has 0 aromatic heterocycles. The molecule has 0 aliphatic heterocycles. The van der Waals surface area contributed by atoms with Crippen molar-refractivity contribution in [1.29, 1.82) is 0 Å². The molecule has 0 bridgehead atoms. The smallest absolute Gasteiger partial charge is 0.240 e. The van der Waals surface area contributed by atoms with Crippen molar-refractivity contribution < 1.29 is 13.5 Å². The van der Waals surface area contributed by atoms with Crippen LogP contribution in [0.25, 0.3) is 0 Å². The minimum absolute atomic E-state index is 0.0388. The summed E-state index contributed by atoms with van der Waals surface area (Å²) in [5.41, 5.74) is 6.37. The number of rotatable bonds is 6. The maximum Gasteiger partial charge on any atom is 0.240 e. The number of nitrogens with one attached hydrogen (secondary N) is 1. The van der Waals surface area contributed by atoms with Gasteiger partial charge in [0.05, 0.1) is 11.5 Å². The first kappa shape index (κ1) is 13.5. The highest BCUT2D eigenvalue weighted by Crippen LogP contribution is 2.23. The zero-order valence-electron chi connectivity index (χ0n) is 10.0. The van der Waals surface area contributed by atoms with Crippen LogP contribution in [-0.4, -0.2) is 32.7 Å². The van der Waals surface area contributed by atoms with E-state index in [0.717, 1.165) is 18.4 Å². The van der Waals surface area contributed by atoms with Gasteiger partial charge in [-0.3, -0.25) is 0 Å². The predicted molar refractivity (Wildman–Crippen MR) is 68.7 cm³/mol. The van der Waals surface area contributed by atoms with Gasteiger partial charge in [0.25, 0.3) is 0 Å². The molecule has 1 atom stereocenters. The number of hydrogen-bond acceptors (Lipinski definition) is 4. The van der Waals surface area contributed by atoms with E-state index in [2.05, 4.69) is 4.72 Å². The summed E-state index contributed by atoms with van der Waals surface area (Å²) in [6.07, 6.45) is 1.83. The quantitative estimate of drug-likeness (QED) is 0.686. The van der Waals surface area contributed by atoms with Crippen molar-refractivity contribution in [3.05, 3.63) is 29.8 Å². The van der Waals surface area contributed by atoms with Gasteiger partial charge >= 0.3 is 0 Å². The highest BCUT2D eigenvalue weighted by molar-refractivity contribution is 7.89. The van der Waals surface area contributed by atoms with Gasteiger partial charge in [-0.25, -0.2) is 13.1 Å². The number of nitrogens with two attached hydrogens (primary N) is 1. The minimum atomic E-state index is -3.40. The number of hydrogen-bond donors (Lipinski definition) is 3. The number of aliphatic hydroxyl groups excluding tert-OH is 1. The van der Waals surface area contributed by atoms with Crippen molar-refractivity contribution in [2.45, 2.75) is 29.7 Å². The van der Waals surface area contributed by atoms with Gasteiger partial charge in [-0.2, -0.15) is 0 Å². The zero-order valence-corrected chi connectivity index (χ0v) is 10.9. The van der Waals surface area contributed by atoms with Crippen molar-refractivity contribution in [3.63, 3.8) is 0 Å². The fourth-order valence-corrected chi connectivity index (χ4v) is 3.03. The molecule has 1 saturated carbocycles. The Kier molecular flexibility index (Phi) is 4.01. The second kappa shape index (κ2) is 5.36. The fraction of sp³-hybridized carbons (Fsp3) is 0.500. The Morgan fingerprint density at radius 2 is 1.94 bits per heavy atom. The van der Waals surface area contributed by atoms with Gasteiger partial charge in [0.1, 0.15) is 0 Å². The van der Waals surface area contributed by atoms with Crippen LogP contribution < -0.4 is 10.5 Å². The van der Waals surface area contributed by atoms with Crippen LogP contribution in [0.2, 0.25) is 0 Å². The van der Waals surface area contributed by atoms with Crippen LogP contribution in [0.4, 0.5) is 0 Å². The number of sulfonamides is 1. The molecule has 0 amide bonds. The molecule has 0 heterocycles. The Morgan fingerprint density at radius 1 is 1.33 bits per heavy atom. The highest BCUT2D eigenvalue weighted by Gasteiger charge is 2.27. The second-order valence-electron chi connectivity index (χ2n) is 4.58. The lowest BCUT2D eigenvalue weighted by atomic mass is 10.0. The minimum Gasteiger partial charge on any atom is -0.396 e. The van der Waals surface area contributed by atoms with Gasteiger partial charge in [0.15, 0.2) is 0 Å². The third kappa shape index (κ3) is 3.08. The molecule has 1 aromatic rings.